The van der Waals surface area contributed by atoms with Crippen LogP contribution in [0.2, 0.25) is 10.0 Å². The van der Waals surface area contributed by atoms with Gasteiger partial charge in [0.1, 0.15) is 12.3 Å². The molecule has 0 unspecified atom stereocenters. The van der Waals surface area contributed by atoms with Gasteiger partial charge in [0.2, 0.25) is 5.91 Å². The number of hydrogen-bond acceptors (Lipinski definition) is 5. The summed E-state index contributed by atoms with van der Waals surface area (Å²) in [6.07, 6.45) is 0.222. The van der Waals surface area contributed by atoms with Crippen LogP contribution in [0.25, 0.3) is 0 Å². The van der Waals surface area contributed by atoms with Gasteiger partial charge >= 0.3 is 7.12 Å². The van der Waals surface area contributed by atoms with E-state index in [1.807, 2.05) is 0 Å². The Morgan fingerprint density at radius 1 is 1.25 bits per heavy atom. The SMILES string of the molecule is O=C(CNC(=O)c1cc(Cl)ccc1Cl)NCB1OSO1. The van der Waals surface area contributed by atoms with Crippen LogP contribution >= 0.6 is 35.5 Å². The predicted molar refractivity (Wildman–Crippen MR) is 77.3 cm³/mol. The van der Waals surface area contributed by atoms with Crippen molar-refractivity contribution >= 4 is 54.5 Å². The highest BCUT2D eigenvalue weighted by Gasteiger charge is 2.29. The average molecular weight is 335 g/mol. The first kappa shape index (κ1) is 15.5. The van der Waals surface area contributed by atoms with Crippen LogP contribution in [0, 0.1) is 0 Å². The van der Waals surface area contributed by atoms with Gasteiger partial charge in [0, 0.05) is 5.02 Å². The molecule has 0 atom stereocenters. The van der Waals surface area contributed by atoms with Crippen LogP contribution in [-0.2, 0) is 13.0 Å². The molecule has 1 aliphatic heterocycles. The summed E-state index contributed by atoms with van der Waals surface area (Å²) in [5.41, 5.74) is 0.217. The van der Waals surface area contributed by atoms with Gasteiger partial charge in [-0.1, -0.05) is 23.2 Å². The molecule has 1 aromatic rings. The zero-order chi connectivity index (χ0) is 14.5. The lowest BCUT2D eigenvalue weighted by Crippen LogP contribution is -2.44. The van der Waals surface area contributed by atoms with Crippen LogP contribution in [0.15, 0.2) is 18.2 Å². The van der Waals surface area contributed by atoms with Gasteiger partial charge in [0.05, 0.1) is 23.6 Å². The van der Waals surface area contributed by atoms with E-state index in [0.717, 1.165) is 12.3 Å². The molecule has 0 bridgehead atoms. The predicted octanol–water partition coefficient (Wildman–Crippen LogP) is 1.48. The molecule has 1 aromatic carbocycles. The fourth-order valence-electron chi connectivity index (χ4n) is 1.35. The first-order valence-corrected chi connectivity index (χ1v) is 6.97. The number of halogens is 2. The molecule has 0 aliphatic carbocycles. The number of nitrogens with one attached hydrogen (secondary N) is 2. The maximum atomic E-state index is 11.8. The highest BCUT2D eigenvalue weighted by atomic mass is 35.5. The fourth-order valence-corrected chi connectivity index (χ4v) is 2.05. The Bertz CT molecular complexity index is 530. The van der Waals surface area contributed by atoms with Crippen molar-refractivity contribution in [2.45, 2.75) is 0 Å². The largest absolute Gasteiger partial charge is 0.503 e. The topological polar surface area (TPSA) is 76.7 Å². The highest BCUT2D eigenvalue weighted by molar-refractivity contribution is 7.93. The van der Waals surface area contributed by atoms with Crippen molar-refractivity contribution in [3.63, 3.8) is 0 Å². The summed E-state index contributed by atoms with van der Waals surface area (Å²) >= 11 is 12.5. The van der Waals surface area contributed by atoms with Gasteiger partial charge in [-0.15, -0.1) is 0 Å². The molecule has 1 fully saturated rings. The molecule has 2 N–H and O–H groups in total. The van der Waals surface area contributed by atoms with Crippen molar-refractivity contribution in [2.75, 3.05) is 13.0 Å². The van der Waals surface area contributed by atoms with Gasteiger partial charge in [-0.3, -0.25) is 9.59 Å². The molecule has 2 rings (SSSR count). The van der Waals surface area contributed by atoms with E-state index in [1.165, 1.54) is 12.1 Å². The monoisotopic (exact) mass is 334 g/mol. The number of carbonyl (C=O) groups excluding carboxylic acids is 2. The molecular formula is C10H9BCl2N2O4S. The normalized spacial score (nSPS) is 13.6. The molecule has 6 nitrogen and oxygen atoms in total. The van der Waals surface area contributed by atoms with Gasteiger partial charge in [0.15, 0.2) is 0 Å². The molecule has 0 spiro atoms. The number of benzene rings is 1. The van der Waals surface area contributed by atoms with Crippen molar-refractivity contribution in [3.05, 3.63) is 33.8 Å². The van der Waals surface area contributed by atoms with E-state index >= 15 is 0 Å². The van der Waals surface area contributed by atoms with Gasteiger partial charge < -0.3 is 18.8 Å². The van der Waals surface area contributed by atoms with Crippen molar-refractivity contribution in [1.82, 2.24) is 10.6 Å². The van der Waals surface area contributed by atoms with E-state index in [4.69, 9.17) is 31.4 Å². The van der Waals surface area contributed by atoms with E-state index in [2.05, 4.69) is 10.6 Å². The number of carbonyl (C=O) groups is 2. The molecule has 0 saturated carbocycles. The van der Waals surface area contributed by atoms with Gasteiger partial charge in [0.25, 0.3) is 5.91 Å². The van der Waals surface area contributed by atoms with Crippen molar-refractivity contribution in [1.29, 1.82) is 0 Å². The summed E-state index contributed by atoms with van der Waals surface area (Å²) in [6.45, 7) is -0.179. The summed E-state index contributed by atoms with van der Waals surface area (Å²) in [7, 11) is -0.443. The molecule has 1 saturated heterocycles. The molecule has 1 aliphatic rings. The molecule has 2 amide bonds. The minimum absolute atomic E-state index is 0.179. The third-order valence-electron chi connectivity index (χ3n) is 2.34. The Kier molecular flexibility index (Phi) is 5.56. The minimum atomic E-state index is -0.473. The zero-order valence-electron chi connectivity index (χ0n) is 10.0. The van der Waals surface area contributed by atoms with Gasteiger partial charge in [-0.05, 0) is 18.2 Å². The molecule has 0 radical (unpaired) electrons. The van der Waals surface area contributed by atoms with Crippen molar-refractivity contribution < 1.29 is 17.8 Å². The summed E-state index contributed by atoms with van der Waals surface area (Å²) in [4.78, 5) is 23.3. The first-order chi connectivity index (χ1) is 9.56. The zero-order valence-corrected chi connectivity index (χ0v) is 12.3. The summed E-state index contributed by atoms with van der Waals surface area (Å²) in [5, 5.41) is 5.64. The van der Waals surface area contributed by atoms with Crippen molar-refractivity contribution in [2.24, 2.45) is 0 Å². The second-order valence-corrected chi connectivity index (χ2v) is 5.17. The summed E-state index contributed by atoms with van der Waals surface area (Å²) in [6, 6.07) is 4.52. The van der Waals surface area contributed by atoms with E-state index in [-0.39, 0.29) is 29.5 Å². The van der Waals surface area contributed by atoms with Crippen LogP contribution in [0.5, 0.6) is 0 Å². The highest BCUT2D eigenvalue weighted by Crippen LogP contribution is 2.21. The Morgan fingerprint density at radius 2 is 2.00 bits per heavy atom. The molecule has 1 heterocycles. The second kappa shape index (κ2) is 7.19. The van der Waals surface area contributed by atoms with Gasteiger partial charge in [-0.2, -0.15) is 0 Å². The third kappa shape index (κ3) is 4.29. The first-order valence-electron chi connectivity index (χ1n) is 5.55. The number of amides is 2. The summed E-state index contributed by atoms with van der Waals surface area (Å²) < 4.78 is 9.73. The lowest BCUT2D eigenvalue weighted by molar-refractivity contribution is -0.119. The number of hydrogen-bond donors (Lipinski definition) is 2. The Morgan fingerprint density at radius 3 is 2.65 bits per heavy atom. The molecule has 0 aromatic heterocycles. The summed E-state index contributed by atoms with van der Waals surface area (Å²) in [5.74, 6) is -0.833. The minimum Gasteiger partial charge on any atom is -0.356 e. The molecular weight excluding hydrogens is 326 g/mol. The van der Waals surface area contributed by atoms with Crippen LogP contribution in [0.1, 0.15) is 10.4 Å². The average Bonchev–Trinajstić information content (AvgIpc) is 2.37. The Hall–Kier alpha value is -0.925. The fraction of sp³-hybridized carbons (Fsp3) is 0.200. The van der Waals surface area contributed by atoms with Crippen LogP contribution in [0.4, 0.5) is 0 Å². The van der Waals surface area contributed by atoms with E-state index in [1.54, 1.807) is 6.07 Å². The number of rotatable bonds is 5. The lowest BCUT2D eigenvalue weighted by Gasteiger charge is -2.19. The quantitative estimate of drug-likeness (QED) is 0.630. The second-order valence-electron chi connectivity index (χ2n) is 3.80. The van der Waals surface area contributed by atoms with Crippen molar-refractivity contribution in [3.8, 4) is 0 Å². The van der Waals surface area contributed by atoms with E-state index in [9.17, 15) is 9.59 Å². The maximum Gasteiger partial charge on any atom is 0.503 e. The standard InChI is InChI=1S/C10H9BCl2N2O4S/c12-6-1-2-8(13)7(3-6)10(17)14-4-9(16)15-5-11-18-20-19-11/h1-3H,4-5H2,(H,14,17)(H,15,16). The Labute approximate surface area is 130 Å². The van der Waals surface area contributed by atoms with Crippen LogP contribution in [0.3, 0.4) is 0 Å². The smallest absolute Gasteiger partial charge is 0.356 e. The van der Waals surface area contributed by atoms with Gasteiger partial charge in [-0.25, -0.2) is 0 Å². The molecule has 106 valence electrons. The molecule has 20 heavy (non-hydrogen) atoms. The lowest BCUT2D eigenvalue weighted by atomic mass is 9.92. The molecule has 10 heteroatoms. The van der Waals surface area contributed by atoms with Crippen LogP contribution < -0.4 is 10.6 Å². The van der Waals surface area contributed by atoms with E-state index < -0.39 is 13.0 Å². The van der Waals surface area contributed by atoms with E-state index in [0.29, 0.717) is 5.02 Å². The van der Waals surface area contributed by atoms with Crippen LogP contribution in [-0.4, -0.2) is 31.9 Å². The third-order valence-corrected chi connectivity index (χ3v) is 3.49. The Balaban J connectivity index is 1.78. The maximum absolute atomic E-state index is 11.8.